The molecule has 15 heavy (non-hydrogen) atoms. The molecule has 0 bridgehead atoms. The van der Waals surface area contributed by atoms with Crippen LogP contribution in [0.1, 0.15) is 11.4 Å². The highest BCUT2D eigenvalue weighted by Crippen LogP contribution is 2.08. The van der Waals surface area contributed by atoms with E-state index >= 15 is 0 Å². The van der Waals surface area contributed by atoms with Gasteiger partial charge in [0.25, 0.3) is 0 Å². The lowest BCUT2D eigenvalue weighted by atomic mass is 10.1. The first-order chi connectivity index (χ1) is 7.16. The van der Waals surface area contributed by atoms with Gasteiger partial charge in [-0.1, -0.05) is 12.1 Å². The summed E-state index contributed by atoms with van der Waals surface area (Å²) in [5, 5.41) is 6.80. The maximum absolute atomic E-state index is 12.7. The highest BCUT2D eigenvalue weighted by atomic mass is 32.1. The quantitative estimate of drug-likeness (QED) is 0.792. The number of hydrogen-bond acceptors (Lipinski definition) is 2. The zero-order valence-electron chi connectivity index (χ0n) is 8.20. The second kappa shape index (κ2) is 3.94. The normalized spacial score (nSPS) is 10.5. The van der Waals surface area contributed by atoms with E-state index < -0.39 is 0 Å². The van der Waals surface area contributed by atoms with E-state index in [2.05, 4.69) is 10.2 Å². The van der Waals surface area contributed by atoms with Crippen molar-refractivity contribution in [1.82, 2.24) is 14.8 Å². The topological polar surface area (TPSA) is 33.6 Å². The minimum atomic E-state index is -0.228. The average molecular weight is 223 g/mol. The summed E-state index contributed by atoms with van der Waals surface area (Å²) >= 11 is 5.00. The van der Waals surface area contributed by atoms with E-state index in [4.69, 9.17) is 12.2 Å². The second-order valence-corrected chi connectivity index (χ2v) is 3.69. The molecule has 0 aliphatic rings. The molecule has 5 heteroatoms. The van der Waals surface area contributed by atoms with Crippen LogP contribution < -0.4 is 0 Å². The molecule has 1 heterocycles. The van der Waals surface area contributed by atoms with Crippen molar-refractivity contribution in [3.05, 3.63) is 46.2 Å². The predicted octanol–water partition coefficient (Wildman–Crippen LogP) is 2.21. The molecule has 0 aliphatic carbocycles. The Morgan fingerprint density at radius 1 is 1.40 bits per heavy atom. The number of aromatic nitrogens is 3. The number of nitrogens with zero attached hydrogens (tertiary/aromatic N) is 2. The summed E-state index contributed by atoms with van der Waals surface area (Å²) in [6.07, 6.45) is 0.643. The van der Waals surface area contributed by atoms with Crippen LogP contribution in [-0.4, -0.2) is 14.8 Å². The van der Waals surface area contributed by atoms with Gasteiger partial charge in [-0.25, -0.2) is 4.39 Å². The van der Waals surface area contributed by atoms with Crippen LogP contribution >= 0.6 is 12.2 Å². The van der Waals surface area contributed by atoms with Crippen molar-refractivity contribution in [3.63, 3.8) is 0 Å². The van der Waals surface area contributed by atoms with Gasteiger partial charge in [0.1, 0.15) is 11.6 Å². The molecule has 0 amide bonds. The number of halogens is 1. The third kappa shape index (κ3) is 2.12. The van der Waals surface area contributed by atoms with E-state index in [1.54, 1.807) is 16.7 Å². The minimum Gasteiger partial charge on any atom is -0.307 e. The van der Waals surface area contributed by atoms with Gasteiger partial charge in [-0.2, -0.15) is 5.10 Å². The first-order valence-corrected chi connectivity index (χ1v) is 4.92. The molecule has 1 N–H and O–H groups in total. The molecular weight excluding hydrogens is 213 g/mol. The van der Waals surface area contributed by atoms with Gasteiger partial charge in [-0.15, -0.1) is 0 Å². The molecule has 2 rings (SSSR count). The van der Waals surface area contributed by atoms with Crippen LogP contribution in [0.4, 0.5) is 4.39 Å². The third-order valence-corrected chi connectivity index (χ3v) is 2.61. The summed E-state index contributed by atoms with van der Waals surface area (Å²) in [6.45, 7) is 0. The summed E-state index contributed by atoms with van der Waals surface area (Å²) in [5.74, 6) is 0.612. The van der Waals surface area contributed by atoms with Crippen LogP contribution in [-0.2, 0) is 13.5 Å². The molecule has 0 unspecified atom stereocenters. The molecule has 1 aromatic carbocycles. The fraction of sp³-hybridized carbons (Fsp3) is 0.200. The summed E-state index contributed by atoms with van der Waals surface area (Å²) in [7, 11) is 1.85. The van der Waals surface area contributed by atoms with Gasteiger partial charge in [0.2, 0.25) is 0 Å². The number of nitrogens with one attached hydrogen (secondary N) is 1. The predicted molar refractivity (Wildman–Crippen MR) is 57.6 cm³/mol. The van der Waals surface area contributed by atoms with Gasteiger partial charge in [-0.05, 0) is 29.9 Å². The lowest BCUT2D eigenvalue weighted by molar-refractivity contribution is 0.627. The van der Waals surface area contributed by atoms with Crippen molar-refractivity contribution in [1.29, 1.82) is 0 Å². The van der Waals surface area contributed by atoms with Gasteiger partial charge in [0.05, 0.1) is 0 Å². The van der Waals surface area contributed by atoms with Gasteiger partial charge < -0.3 is 4.57 Å². The molecule has 0 atom stereocenters. The van der Waals surface area contributed by atoms with Crippen LogP contribution in [0.25, 0.3) is 0 Å². The van der Waals surface area contributed by atoms with Crippen LogP contribution in [0, 0.1) is 10.6 Å². The number of rotatable bonds is 2. The molecule has 78 valence electrons. The van der Waals surface area contributed by atoms with Crippen molar-refractivity contribution in [2.75, 3.05) is 0 Å². The van der Waals surface area contributed by atoms with Crippen molar-refractivity contribution in [2.45, 2.75) is 6.42 Å². The monoisotopic (exact) mass is 223 g/mol. The zero-order chi connectivity index (χ0) is 10.8. The van der Waals surface area contributed by atoms with Gasteiger partial charge in [-0.3, -0.25) is 5.10 Å². The molecule has 2 aromatic rings. The van der Waals surface area contributed by atoms with E-state index in [1.807, 2.05) is 7.05 Å². The standard InChI is InChI=1S/C10H10FN3S/c1-14-9(12-13-10(14)15)6-7-2-4-8(11)5-3-7/h2-5H,6H2,1H3,(H,13,15). The van der Waals surface area contributed by atoms with Crippen LogP contribution in [0.15, 0.2) is 24.3 Å². The molecule has 0 saturated carbocycles. The molecule has 1 aromatic heterocycles. The number of aromatic amines is 1. The minimum absolute atomic E-state index is 0.228. The Bertz CT molecular complexity index is 512. The molecule has 3 nitrogen and oxygen atoms in total. The second-order valence-electron chi connectivity index (χ2n) is 3.31. The zero-order valence-corrected chi connectivity index (χ0v) is 9.01. The van der Waals surface area contributed by atoms with Crippen molar-refractivity contribution < 1.29 is 4.39 Å². The summed E-state index contributed by atoms with van der Waals surface area (Å²) in [5.41, 5.74) is 1.01. The molecule has 0 spiro atoms. The maximum Gasteiger partial charge on any atom is 0.194 e. The Morgan fingerprint density at radius 2 is 2.07 bits per heavy atom. The number of H-pyrrole nitrogens is 1. The van der Waals surface area contributed by atoms with Gasteiger partial charge >= 0.3 is 0 Å². The molecule has 0 radical (unpaired) electrons. The Hall–Kier alpha value is -1.49. The van der Waals surface area contributed by atoms with Crippen LogP contribution in [0.2, 0.25) is 0 Å². The molecule has 0 fully saturated rings. The van der Waals surface area contributed by atoms with Gasteiger partial charge in [0.15, 0.2) is 4.77 Å². The molecule has 0 saturated heterocycles. The Kier molecular flexibility index (Phi) is 2.64. The average Bonchev–Trinajstić information content (AvgIpc) is 2.53. The third-order valence-electron chi connectivity index (χ3n) is 2.25. The van der Waals surface area contributed by atoms with E-state index in [9.17, 15) is 4.39 Å². The summed E-state index contributed by atoms with van der Waals surface area (Å²) in [4.78, 5) is 0. The first kappa shape index (κ1) is 10.0. The lowest BCUT2D eigenvalue weighted by Crippen LogP contribution is -1.99. The van der Waals surface area contributed by atoms with Crippen molar-refractivity contribution >= 4 is 12.2 Å². The first-order valence-electron chi connectivity index (χ1n) is 4.51. The Labute approximate surface area is 91.6 Å². The highest BCUT2D eigenvalue weighted by Gasteiger charge is 2.03. The Balaban J connectivity index is 2.26. The number of benzene rings is 1. The van der Waals surface area contributed by atoms with E-state index in [0.717, 1.165) is 11.4 Å². The fourth-order valence-corrected chi connectivity index (χ4v) is 1.47. The van der Waals surface area contributed by atoms with Crippen molar-refractivity contribution in [2.24, 2.45) is 7.05 Å². The van der Waals surface area contributed by atoms with E-state index in [0.29, 0.717) is 11.2 Å². The van der Waals surface area contributed by atoms with E-state index in [-0.39, 0.29) is 5.82 Å². The van der Waals surface area contributed by atoms with Crippen LogP contribution in [0.5, 0.6) is 0 Å². The summed E-state index contributed by atoms with van der Waals surface area (Å²) < 4.78 is 15.1. The fourth-order valence-electron chi connectivity index (χ4n) is 1.32. The number of hydrogen-bond donors (Lipinski definition) is 1. The SMILES string of the molecule is Cn1c(Cc2ccc(F)cc2)n[nH]c1=S. The van der Waals surface area contributed by atoms with E-state index in [1.165, 1.54) is 12.1 Å². The van der Waals surface area contributed by atoms with Crippen LogP contribution in [0.3, 0.4) is 0 Å². The van der Waals surface area contributed by atoms with Crippen molar-refractivity contribution in [3.8, 4) is 0 Å². The summed E-state index contributed by atoms with van der Waals surface area (Å²) in [6, 6.07) is 6.37. The molecule has 0 aliphatic heterocycles. The maximum atomic E-state index is 12.7. The lowest BCUT2D eigenvalue weighted by Gasteiger charge is -2.00. The Morgan fingerprint density at radius 3 is 2.60 bits per heavy atom. The largest absolute Gasteiger partial charge is 0.307 e. The van der Waals surface area contributed by atoms with Gasteiger partial charge in [0, 0.05) is 13.5 Å². The highest BCUT2D eigenvalue weighted by molar-refractivity contribution is 7.71. The smallest absolute Gasteiger partial charge is 0.194 e. The molecular formula is C10H10FN3S.